The molecule has 7 heteroatoms. The third-order valence-electron chi connectivity index (χ3n) is 6.47. The molecular weight excluding hydrogens is 402 g/mol. The van der Waals surface area contributed by atoms with E-state index in [4.69, 9.17) is 9.47 Å². The Labute approximate surface area is 181 Å². The molecule has 0 saturated carbocycles. The fraction of sp³-hybridized carbons (Fsp3) is 0.458. The normalized spacial score (nSPS) is 21.5. The molecule has 2 fully saturated rings. The van der Waals surface area contributed by atoms with E-state index in [1.807, 2.05) is 4.90 Å². The topological polar surface area (TPSA) is 42.0 Å². The number of rotatable bonds is 5. The van der Waals surface area contributed by atoms with Crippen LogP contribution in [0.4, 0.5) is 8.78 Å². The first-order valence-corrected chi connectivity index (χ1v) is 10.7. The number of amides is 1. The minimum absolute atomic E-state index is 0.0966. The summed E-state index contributed by atoms with van der Waals surface area (Å²) >= 11 is 0. The van der Waals surface area contributed by atoms with E-state index in [1.165, 1.54) is 7.11 Å². The van der Waals surface area contributed by atoms with Crippen LogP contribution in [0.15, 0.2) is 36.4 Å². The summed E-state index contributed by atoms with van der Waals surface area (Å²) < 4.78 is 38.8. The van der Waals surface area contributed by atoms with Gasteiger partial charge in [0, 0.05) is 31.2 Å². The third-order valence-corrected chi connectivity index (χ3v) is 6.47. The first kappa shape index (κ1) is 21.6. The highest BCUT2D eigenvalue weighted by atomic mass is 19.2. The van der Waals surface area contributed by atoms with Gasteiger partial charge >= 0.3 is 0 Å². The quantitative estimate of drug-likeness (QED) is 0.716. The lowest BCUT2D eigenvalue weighted by Crippen LogP contribution is -2.40. The summed E-state index contributed by atoms with van der Waals surface area (Å²) in [6.07, 6.45) is 3.10. The molecule has 0 N–H and O–H groups in total. The molecule has 1 amide bonds. The fourth-order valence-electron chi connectivity index (χ4n) is 4.92. The van der Waals surface area contributed by atoms with Crippen molar-refractivity contribution in [2.45, 2.75) is 31.8 Å². The Morgan fingerprint density at radius 2 is 1.87 bits per heavy atom. The number of para-hydroxylation sites is 1. The Morgan fingerprint density at radius 1 is 1.06 bits per heavy atom. The van der Waals surface area contributed by atoms with Crippen molar-refractivity contribution in [1.29, 1.82) is 0 Å². The lowest BCUT2D eigenvalue weighted by molar-refractivity contribution is 0.0769. The predicted molar refractivity (Wildman–Crippen MR) is 113 cm³/mol. The number of ether oxygens (including phenoxy) is 2. The number of fused-ring (bicyclic) bond motifs is 1. The molecule has 166 valence electrons. The fourth-order valence-corrected chi connectivity index (χ4v) is 4.92. The summed E-state index contributed by atoms with van der Waals surface area (Å²) in [5.41, 5.74) is 0.834. The SMILES string of the molecule is COc1cccc(C(=O)N2C[C@@H]3CCCCN(Cc4cccc(F)c4F)[C@@H]3C2)c1OC. The molecular formula is C24H28F2N2O3. The zero-order valence-corrected chi connectivity index (χ0v) is 17.9. The summed E-state index contributed by atoms with van der Waals surface area (Å²) in [6, 6.07) is 9.73. The number of halogens is 2. The van der Waals surface area contributed by atoms with Crippen molar-refractivity contribution in [3.05, 3.63) is 59.2 Å². The maximum atomic E-state index is 14.3. The van der Waals surface area contributed by atoms with Crippen LogP contribution in [0.5, 0.6) is 11.5 Å². The number of methoxy groups -OCH3 is 2. The van der Waals surface area contributed by atoms with Crippen molar-refractivity contribution < 1.29 is 23.0 Å². The molecule has 4 rings (SSSR count). The van der Waals surface area contributed by atoms with Gasteiger partial charge in [0.15, 0.2) is 23.1 Å². The van der Waals surface area contributed by atoms with Crippen LogP contribution >= 0.6 is 0 Å². The molecule has 0 spiro atoms. The van der Waals surface area contributed by atoms with Crippen molar-refractivity contribution in [2.75, 3.05) is 33.9 Å². The van der Waals surface area contributed by atoms with Crippen LogP contribution in [0.2, 0.25) is 0 Å². The van der Waals surface area contributed by atoms with E-state index in [2.05, 4.69) is 4.90 Å². The molecule has 2 aliphatic heterocycles. The summed E-state index contributed by atoms with van der Waals surface area (Å²) in [4.78, 5) is 17.4. The molecule has 0 radical (unpaired) electrons. The molecule has 0 unspecified atom stereocenters. The third kappa shape index (κ3) is 4.24. The van der Waals surface area contributed by atoms with Gasteiger partial charge in [0.25, 0.3) is 5.91 Å². The number of hydrogen-bond acceptors (Lipinski definition) is 4. The highest BCUT2D eigenvalue weighted by Crippen LogP contribution is 2.35. The van der Waals surface area contributed by atoms with Gasteiger partial charge in [0.05, 0.1) is 19.8 Å². The molecule has 2 aromatic rings. The second-order valence-electron chi connectivity index (χ2n) is 8.26. The molecule has 0 bridgehead atoms. The minimum atomic E-state index is -0.822. The first-order valence-electron chi connectivity index (χ1n) is 10.7. The Hall–Kier alpha value is -2.67. The van der Waals surface area contributed by atoms with E-state index in [-0.39, 0.29) is 11.9 Å². The van der Waals surface area contributed by atoms with E-state index in [0.29, 0.717) is 48.2 Å². The van der Waals surface area contributed by atoms with Gasteiger partial charge in [-0.1, -0.05) is 24.6 Å². The number of carbonyl (C=O) groups excluding carboxylic acids is 1. The van der Waals surface area contributed by atoms with E-state index in [9.17, 15) is 13.6 Å². The van der Waals surface area contributed by atoms with Gasteiger partial charge in [-0.3, -0.25) is 9.69 Å². The predicted octanol–water partition coefficient (Wildman–Crippen LogP) is 4.11. The summed E-state index contributed by atoms with van der Waals surface area (Å²) in [6.45, 7) is 2.35. The van der Waals surface area contributed by atoms with Crippen molar-refractivity contribution in [3.63, 3.8) is 0 Å². The first-order chi connectivity index (χ1) is 15.0. The van der Waals surface area contributed by atoms with Gasteiger partial charge in [-0.05, 0) is 43.5 Å². The van der Waals surface area contributed by atoms with E-state index in [1.54, 1.807) is 37.4 Å². The molecule has 0 aromatic heterocycles. The van der Waals surface area contributed by atoms with Crippen LogP contribution in [-0.2, 0) is 6.54 Å². The molecule has 2 aliphatic rings. The Balaban J connectivity index is 1.56. The van der Waals surface area contributed by atoms with Crippen LogP contribution in [0.25, 0.3) is 0 Å². The van der Waals surface area contributed by atoms with Crippen molar-refractivity contribution in [1.82, 2.24) is 9.80 Å². The average molecular weight is 430 g/mol. The molecule has 2 heterocycles. The van der Waals surface area contributed by atoms with E-state index in [0.717, 1.165) is 31.9 Å². The number of benzene rings is 2. The smallest absolute Gasteiger partial charge is 0.257 e. The molecule has 5 nitrogen and oxygen atoms in total. The highest BCUT2D eigenvalue weighted by molar-refractivity contribution is 5.98. The van der Waals surface area contributed by atoms with E-state index >= 15 is 0 Å². The Morgan fingerprint density at radius 3 is 2.65 bits per heavy atom. The number of carbonyl (C=O) groups is 1. The summed E-state index contributed by atoms with van der Waals surface area (Å²) in [7, 11) is 3.07. The molecule has 31 heavy (non-hydrogen) atoms. The van der Waals surface area contributed by atoms with Gasteiger partial charge in [0.1, 0.15) is 0 Å². The van der Waals surface area contributed by atoms with Crippen LogP contribution < -0.4 is 9.47 Å². The van der Waals surface area contributed by atoms with Crippen LogP contribution in [0.3, 0.4) is 0 Å². The van der Waals surface area contributed by atoms with Crippen molar-refractivity contribution in [3.8, 4) is 11.5 Å². The maximum absolute atomic E-state index is 14.3. The van der Waals surface area contributed by atoms with Crippen LogP contribution in [0, 0.1) is 17.6 Å². The van der Waals surface area contributed by atoms with Gasteiger partial charge in [-0.25, -0.2) is 8.78 Å². The van der Waals surface area contributed by atoms with Gasteiger partial charge in [0.2, 0.25) is 0 Å². The number of likely N-dealkylation sites (tertiary alicyclic amines) is 2. The lowest BCUT2D eigenvalue weighted by Gasteiger charge is -2.30. The molecule has 2 atom stereocenters. The van der Waals surface area contributed by atoms with Crippen LogP contribution in [-0.4, -0.2) is 55.6 Å². The summed E-state index contributed by atoms with van der Waals surface area (Å²) in [5, 5.41) is 0. The number of nitrogens with zero attached hydrogens (tertiary/aromatic N) is 2. The Kier molecular flexibility index (Phi) is 6.41. The van der Waals surface area contributed by atoms with E-state index < -0.39 is 11.6 Å². The highest BCUT2D eigenvalue weighted by Gasteiger charge is 2.40. The minimum Gasteiger partial charge on any atom is -0.493 e. The average Bonchev–Trinajstić information content (AvgIpc) is 3.12. The molecule has 2 saturated heterocycles. The monoisotopic (exact) mass is 430 g/mol. The van der Waals surface area contributed by atoms with Gasteiger partial charge in [-0.2, -0.15) is 0 Å². The molecule has 2 aromatic carbocycles. The van der Waals surface area contributed by atoms with Crippen LogP contribution in [0.1, 0.15) is 35.2 Å². The zero-order valence-electron chi connectivity index (χ0n) is 17.9. The summed E-state index contributed by atoms with van der Waals surface area (Å²) in [5.74, 6) is -0.446. The second-order valence-corrected chi connectivity index (χ2v) is 8.26. The van der Waals surface area contributed by atoms with Crippen molar-refractivity contribution >= 4 is 5.91 Å². The maximum Gasteiger partial charge on any atom is 0.257 e. The number of hydrogen-bond donors (Lipinski definition) is 0. The van der Waals surface area contributed by atoms with Gasteiger partial charge < -0.3 is 14.4 Å². The second kappa shape index (κ2) is 9.22. The lowest BCUT2D eigenvalue weighted by atomic mass is 9.98. The molecule has 0 aliphatic carbocycles. The Bertz CT molecular complexity index is 952. The van der Waals surface area contributed by atoms with Crippen molar-refractivity contribution in [2.24, 2.45) is 5.92 Å². The largest absolute Gasteiger partial charge is 0.493 e. The zero-order chi connectivity index (χ0) is 22.0. The van der Waals surface area contributed by atoms with Gasteiger partial charge in [-0.15, -0.1) is 0 Å². The standard InChI is InChI=1S/C24H28F2N2O3/c1-30-21-11-6-9-18(23(21)31-2)24(29)28-13-16-7-3-4-12-27(20(16)15-28)14-17-8-5-10-19(25)22(17)26/h5-6,8-11,16,20H,3-4,7,12-15H2,1-2H3/t16-,20+/m0/s1.